The minimum absolute atomic E-state index is 0.417. The van der Waals surface area contributed by atoms with Gasteiger partial charge in [-0.2, -0.15) is 0 Å². The van der Waals surface area contributed by atoms with Crippen molar-refractivity contribution < 1.29 is 0 Å². The number of aromatic nitrogens is 3. The molecule has 0 N–H and O–H groups in total. The Bertz CT molecular complexity index is 476. The lowest BCUT2D eigenvalue weighted by Gasteiger charge is -2.08. The van der Waals surface area contributed by atoms with E-state index in [4.69, 9.17) is 11.6 Å². The van der Waals surface area contributed by atoms with Crippen LogP contribution in [0.5, 0.6) is 0 Å². The minimum atomic E-state index is 0.417. The average Bonchev–Trinajstić information content (AvgIpc) is 2.69. The van der Waals surface area contributed by atoms with Gasteiger partial charge in [0.25, 0.3) is 0 Å². The van der Waals surface area contributed by atoms with Gasteiger partial charge < -0.3 is 0 Å². The van der Waals surface area contributed by atoms with E-state index < -0.39 is 0 Å². The number of halogens is 1. The smallest absolute Gasteiger partial charge is 0.0793 e. The highest BCUT2D eigenvalue weighted by molar-refractivity contribution is 6.16. The molecule has 0 atom stereocenters. The first-order valence-electron chi connectivity index (χ1n) is 4.75. The van der Waals surface area contributed by atoms with Crippen molar-refractivity contribution in [1.82, 2.24) is 15.0 Å². The first-order chi connectivity index (χ1) is 7.22. The van der Waals surface area contributed by atoms with E-state index in [2.05, 4.69) is 42.4 Å². The summed E-state index contributed by atoms with van der Waals surface area (Å²) < 4.78 is 1.79. The Kier molecular flexibility index (Phi) is 2.73. The van der Waals surface area contributed by atoms with Crippen molar-refractivity contribution in [3.05, 3.63) is 41.2 Å². The molecule has 0 saturated heterocycles. The molecule has 0 saturated carbocycles. The molecular formula is C11H12ClN3. The van der Waals surface area contributed by atoms with Gasteiger partial charge in [-0.05, 0) is 31.0 Å². The summed E-state index contributed by atoms with van der Waals surface area (Å²) in [4.78, 5) is 0. The van der Waals surface area contributed by atoms with E-state index >= 15 is 0 Å². The number of nitrogens with zero attached hydrogens (tertiary/aromatic N) is 3. The number of aryl methyl sites for hydroxylation is 2. The van der Waals surface area contributed by atoms with Crippen molar-refractivity contribution in [3.63, 3.8) is 0 Å². The zero-order chi connectivity index (χ0) is 10.8. The van der Waals surface area contributed by atoms with Gasteiger partial charge in [0.1, 0.15) is 0 Å². The first-order valence-corrected chi connectivity index (χ1v) is 5.29. The lowest BCUT2D eigenvalue weighted by atomic mass is 10.1. The zero-order valence-corrected chi connectivity index (χ0v) is 9.49. The maximum absolute atomic E-state index is 5.81. The molecule has 0 fully saturated rings. The van der Waals surface area contributed by atoms with Crippen molar-refractivity contribution in [2.45, 2.75) is 19.7 Å². The van der Waals surface area contributed by atoms with Crippen LogP contribution in [0.25, 0.3) is 5.69 Å². The number of hydrogen-bond donors (Lipinski definition) is 0. The number of benzene rings is 1. The third-order valence-corrected chi connectivity index (χ3v) is 2.62. The Balaban J connectivity index is 2.58. The van der Waals surface area contributed by atoms with Gasteiger partial charge in [0.15, 0.2) is 0 Å². The highest BCUT2D eigenvalue weighted by Crippen LogP contribution is 2.17. The van der Waals surface area contributed by atoms with E-state index in [1.54, 1.807) is 10.9 Å². The molecular weight excluding hydrogens is 210 g/mol. The maximum atomic E-state index is 5.81. The summed E-state index contributed by atoms with van der Waals surface area (Å²) in [6.45, 7) is 4.11. The predicted molar refractivity (Wildman–Crippen MR) is 60.4 cm³/mol. The summed E-state index contributed by atoms with van der Waals surface area (Å²) in [5.41, 5.74) is 4.32. The third-order valence-electron chi connectivity index (χ3n) is 2.35. The fraction of sp³-hybridized carbons (Fsp3) is 0.273. The largest absolute Gasteiger partial charge is 0.216 e. The second-order valence-electron chi connectivity index (χ2n) is 3.56. The van der Waals surface area contributed by atoms with Crippen LogP contribution in [0.4, 0.5) is 0 Å². The fourth-order valence-electron chi connectivity index (χ4n) is 1.50. The molecule has 4 heteroatoms. The third kappa shape index (κ3) is 1.88. The van der Waals surface area contributed by atoms with Crippen molar-refractivity contribution in [1.29, 1.82) is 0 Å². The van der Waals surface area contributed by atoms with E-state index in [0.29, 0.717) is 5.88 Å². The van der Waals surface area contributed by atoms with E-state index in [1.807, 2.05) is 0 Å². The Morgan fingerprint density at radius 2 is 2.13 bits per heavy atom. The number of alkyl halides is 1. The van der Waals surface area contributed by atoms with Crippen molar-refractivity contribution >= 4 is 11.6 Å². The van der Waals surface area contributed by atoms with Crippen LogP contribution in [0, 0.1) is 13.8 Å². The zero-order valence-electron chi connectivity index (χ0n) is 8.74. The van der Waals surface area contributed by atoms with Gasteiger partial charge in [-0.25, -0.2) is 4.68 Å². The van der Waals surface area contributed by atoms with Crippen LogP contribution in [-0.4, -0.2) is 15.0 Å². The summed E-state index contributed by atoms with van der Waals surface area (Å²) in [7, 11) is 0. The van der Waals surface area contributed by atoms with Gasteiger partial charge in [0.2, 0.25) is 0 Å². The first kappa shape index (κ1) is 10.2. The molecule has 3 nitrogen and oxygen atoms in total. The van der Waals surface area contributed by atoms with Crippen molar-refractivity contribution in [2.24, 2.45) is 0 Å². The topological polar surface area (TPSA) is 30.7 Å². The lowest BCUT2D eigenvalue weighted by molar-refractivity contribution is 0.776. The Labute approximate surface area is 93.7 Å². The molecule has 0 bridgehead atoms. The molecule has 0 aliphatic heterocycles. The lowest BCUT2D eigenvalue weighted by Crippen LogP contribution is -2.03. The molecule has 1 aromatic heterocycles. The van der Waals surface area contributed by atoms with Crippen LogP contribution in [0.2, 0.25) is 0 Å². The molecule has 0 radical (unpaired) electrons. The molecule has 0 spiro atoms. The number of rotatable bonds is 2. The van der Waals surface area contributed by atoms with Crippen LogP contribution in [0.15, 0.2) is 24.4 Å². The molecule has 0 aliphatic carbocycles. The molecule has 1 heterocycles. The second-order valence-corrected chi connectivity index (χ2v) is 3.83. The molecule has 0 amide bonds. The summed E-state index contributed by atoms with van der Waals surface area (Å²) in [6.07, 6.45) is 1.69. The molecule has 2 aromatic rings. The van der Waals surface area contributed by atoms with E-state index in [1.165, 1.54) is 5.56 Å². The second kappa shape index (κ2) is 4.03. The maximum Gasteiger partial charge on any atom is 0.0793 e. The molecule has 0 unspecified atom stereocenters. The minimum Gasteiger partial charge on any atom is -0.216 e. The van der Waals surface area contributed by atoms with Gasteiger partial charge in [0, 0.05) is 0 Å². The molecule has 78 valence electrons. The summed E-state index contributed by atoms with van der Waals surface area (Å²) in [6, 6.07) is 6.24. The van der Waals surface area contributed by atoms with Crippen LogP contribution >= 0.6 is 11.6 Å². The van der Waals surface area contributed by atoms with Gasteiger partial charge in [0.05, 0.1) is 23.5 Å². The highest BCUT2D eigenvalue weighted by atomic mass is 35.5. The fourth-order valence-corrected chi connectivity index (χ4v) is 1.68. The van der Waals surface area contributed by atoms with Gasteiger partial charge in [-0.1, -0.05) is 17.3 Å². The Hall–Kier alpha value is -1.35. The van der Waals surface area contributed by atoms with Crippen molar-refractivity contribution in [3.8, 4) is 5.69 Å². The van der Waals surface area contributed by atoms with Crippen LogP contribution in [-0.2, 0) is 5.88 Å². The summed E-state index contributed by atoms with van der Waals surface area (Å²) in [5, 5.41) is 7.91. The van der Waals surface area contributed by atoms with Crippen LogP contribution in [0.1, 0.15) is 16.8 Å². The van der Waals surface area contributed by atoms with E-state index in [-0.39, 0.29) is 0 Å². The summed E-state index contributed by atoms with van der Waals surface area (Å²) >= 11 is 5.81. The normalized spacial score (nSPS) is 10.6. The SMILES string of the molecule is Cc1ccc(C)c(-n2nncc2CCl)c1. The number of hydrogen-bond acceptors (Lipinski definition) is 2. The molecule has 15 heavy (non-hydrogen) atoms. The average molecular weight is 222 g/mol. The predicted octanol–water partition coefficient (Wildman–Crippen LogP) is 2.62. The van der Waals surface area contributed by atoms with Crippen LogP contribution < -0.4 is 0 Å². The Morgan fingerprint density at radius 1 is 1.33 bits per heavy atom. The summed E-state index contributed by atoms with van der Waals surface area (Å²) in [5.74, 6) is 0.417. The molecule has 2 rings (SSSR count). The monoisotopic (exact) mass is 221 g/mol. The Morgan fingerprint density at radius 3 is 2.87 bits per heavy atom. The molecule has 1 aromatic carbocycles. The van der Waals surface area contributed by atoms with E-state index in [9.17, 15) is 0 Å². The van der Waals surface area contributed by atoms with E-state index in [0.717, 1.165) is 16.9 Å². The van der Waals surface area contributed by atoms with Crippen LogP contribution in [0.3, 0.4) is 0 Å². The quantitative estimate of drug-likeness (QED) is 0.730. The highest BCUT2D eigenvalue weighted by Gasteiger charge is 2.07. The molecule has 0 aliphatic rings. The standard InChI is InChI=1S/C11H12ClN3/c1-8-3-4-9(2)11(5-8)15-10(6-12)7-13-14-15/h3-5,7H,6H2,1-2H3. The van der Waals surface area contributed by atoms with Gasteiger partial charge in [-0.3, -0.25) is 0 Å². The van der Waals surface area contributed by atoms with Gasteiger partial charge >= 0.3 is 0 Å². The van der Waals surface area contributed by atoms with Crippen molar-refractivity contribution in [2.75, 3.05) is 0 Å². The van der Waals surface area contributed by atoms with Gasteiger partial charge in [-0.15, -0.1) is 16.7 Å².